The zero-order valence-electron chi connectivity index (χ0n) is 16.5. The van der Waals surface area contributed by atoms with Crippen LogP contribution in [0.25, 0.3) is 0 Å². The van der Waals surface area contributed by atoms with Crippen LogP contribution in [0, 0.1) is 11.7 Å². The van der Waals surface area contributed by atoms with Gasteiger partial charge in [0, 0.05) is 39.5 Å². The van der Waals surface area contributed by atoms with Gasteiger partial charge in [0.2, 0.25) is 0 Å². The molecule has 0 spiro atoms. The van der Waals surface area contributed by atoms with Crippen LogP contribution in [-0.2, 0) is 9.47 Å². The number of guanidine groups is 1. The van der Waals surface area contributed by atoms with E-state index in [-0.39, 0.29) is 36.3 Å². The summed E-state index contributed by atoms with van der Waals surface area (Å²) < 4.78 is 24.1. The van der Waals surface area contributed by atoms with E-state index in [4.69, 9.17) is 9.47 Å². The van der Waals surface area contributed by atoms with E-state index < -0.39 is 6.10 Å². The maximum Gasteiger partial charge on any atom is 0.191 e. The van der Waals surface area contributed by atoms with Crippen LogP contribution in [-0.4, -0.2) is 57.1 Å². The van der Waals surface area contributed by atoms with Crippen LogP contribution >= 0.6 is 24.0 Å². The highest BCUT2D eigenvalue weighted by Crippen LogP contribution is 2.15. The zero-order valence-corrected chi connectivity index (χ0v) is 18.9. The molecule has 1 aliphatic rings. The summed E-state index contributed by atoms with van der Waals surface area (Å²) in [4.78, 5) is 4.40. The summed E-state index contributed by atoms with van der Waals surface area (Å²) in [5.41, 5.74) is 0.650. The van der Waals surface area contributed by atoms with Crippen LogP contribution in [0.5, 0.6) is 0 Å². The molecule has 3 N–H and O–H groups in total. The van der Waals surface area contributed by atoms with E-state index in [1.165, 1.54) is 12.1 Å². The number of aliphatic hydroxyl groups excluding tert-OH is 1. The maximum absolute atomic E-state index is 13.0. The maximum atomic E-state index is 13.0. The van der Waals surface area contributed by atoms with E-state index in [9.17, 15) is 9.50 Å². The molecule has 0 radical (unpaired) electrons. The molecule has 160 valence electrons. The van der Waals surface area contributed by atoms with Gasteiger partial charge in [-0.15, -0.1) is 24.0 Å². The normalized spacial score (nSPS) is 16.3. The highest BCUT2D eigenvalue weighted by atomic mass is 127. The molecule has 0 bridgehead atoms. The molecule has 8 heteroatoms. The number of rotatable bonds is 10. The van der Waals surface area contributed by atoms with E-state index in [2.05, 4.69) is 15.6 Å². The van der Waals surface area contributed by atoms with E-state index in [1.54, 1.807) is 12.1 Å². The van der Waals surface area contributed by atoms with Crippen molar-refractivity contribution in [3.63, 3.8) is 0 Å². The highest BCUT2D eigenvalue weighted by Gasteiger charge is 2.13. The van der Waals surface area contributed by atoms with Crippen LogP contribution in [0.15, 0.2) is 29.3 Å². The number of ether oxygens (including phenoxy) is 2. The third kappa shape index (κ3) is 9.99. The molecule has 1 fully saturated rings. The molecule has 0 aliphatic carbocycles. The average molecular weight is 509 g/mol. The lowest BCUT2D eigenvalue weighted by Gasteiger charge is -2.21. The molecule has 28 heavy (non-hydrogen) atoms. The lowest BCUT2D eigenvalue weighted by molar-refractivity contribution is 0.0203. The Labute approximate surface area is 184 Å². The smallest absolute Gasteiger partial charge is 0.191 e. The Kier molecular flexibility index (Phi) is 13.4. The van der Waals surface area contributed by atoms with E-state index in [0.717, 1.165) is 52.2 Å². The number of aliphatic hydroxyl groups is 1. The molecule has 1 atom stereocenters. The molecular weight excluding hydrogens is 476 g/mol. The second kappa shape index (κ2) is 14.9. The van der Waals surface area contributed by atoms with Crippen molar-refractivity contribution < 1.29 is 19.0 Å². The molecule has 1 aliphatic heterocycles. The van der Waals surface area contributed by atoms with Gasteiger partial charge in [0.15, 0.2) is 5.96 Å². The molecule has 0 amide bonds. The van der Waals surface area contributed by atoms with Gasteiger partial charge in [-0.1, -0.05) is 12.1 Å². The van der Waals surface area contributed by atoms with Crippen molar-refractivity contribution >= 4 is 29.9 Å². The minimum Gasteiger partial charge on any atom is -0.386 e. The topological polar surface area (TPSA) is 75.1 Å². The monoisotopic (exact) mass is 509 g/mol. The summed E-state index contributed by atoms with van der Waals surface area (Å²) in [7, 11) is 0. The first kappa shape index (κ1) is 25.1. The van der Waals surface area contributed by atoms with Crippen LogP contribution in [0.2, 0.25) is 0 Å². The Bertz CT molecular complexity index is 554. The van der Waals surface area contributed by atoms with Gasteiger partial charge in [0.05, 0.1) is 12.6 Å². The summed E-state index contributed by atoms with van der Waals surface area (Å²) >= 11 is 0. The lowest BCUT2D eigenvalue weighted by atomic mass is 10.0. The fraction of sp³-hybridized carbons (Fsp3) is 0.650. The molecule has 1 aromatic carbocycles. The number of hydrogen-bond donors (Lipinski definition) is 3. The summed E-state index contributed by atoms with van der Waals surface area (Å²) in [6.45, 7) is 6.89. The van der Waals surface area contributed by atoms with Crippen LogP contribution in [0.3, 0.4) is 0 Å². The van der Waals surface area contributed by atoms with Gasteiger partial charge in [-0.3, -0.25) is 4.99 Å². The Morgan fingerprint density at radius 1 is 1.29 bits per heavy atom. The molecule has 1 heterocycles. The van der Waals surface area contributed by atoms with Gasteiger partial charge in [-0.05, 0) is 49.8 Å². The second-order valence-corrected chi connectivity index (χ2v) is 6.70. The van der Waals surface area contributed by atoms with Crippen LogP contribution in [0.4, 0.5) is 4.39 Å². The second-order valence-electron chi connectivity index (χ2n) is 6.70. The largest absolute Gasteiger partial charge is 0.386 e. The predicted octanol–water partition coefficient (Wildman–Crippen LogP) is 2.87. The van der Waals surface area contributed by atoms with Crippen molar-refractivity contribution in [1.82, 2.24) is 10.6 Å². The summed E-state index contributed by atoms with van der Waals surface area (Å²) in [6, 6.07) is 5.83. The fourth-order valence-corrected chi connectivity index (χ4v) is 2.85. The molecule has 0 saturated carbocycles. The number of benzene rings is 1. The first-order chi connectivity index (χ1) is 13.2. The quantitative estimate of drug-likeness (QED) is 0.196. The lowest BCUT2D eigenvalue weighted by Crippen LogP contribution is -2.38. The van der Waals surface area contributed by atoms with Gasteiger partial charge in [-0.2, -0.15) is 0 Å². The van der Waals surface area contributed by atoms with Gasteiger partial charge in [0.25, 0.3) is 0 Å². The van der Waals surface area contributed by atoms with E-state index in [1.807, 2.05) is 6.92 Å². The van der Waals surface area contributed by atoms with Gasteiger partial charge in [-0.25, -0.2) is 4.39 Å². The minimum atomic E-state index is -0.760. The fourth-order valence-electron chi connectivity index (χ4n) is 2.85. The van der Waals surface area contributed by atoms with Crippen molar-refractivity contribution in [2.24, 2.45) is 10.9 Å². The minimum absolute atomic E-state index is 0. The number of nitrogens with zero attached hydrogens (tertiary/aromatic N) is 1. The van der Waals surface area contributed by atoms with E-state index >= 15 is 0 Å². The Balaban J connectivity index is 0.00000392. The zero-order chi connectivity index (χ0) is 19.3. The Hall–Kier alpha value is -0.970. The Morgan fingerprint density at radius 2 is 2.00 bits per heavy atom. The first-order valence-corrected chi connectivity index (χ1v) is 9.80. The summed E-state index contributed by atoms with van der Waals surface area (Å²) in [6.07, 6.45) is 2.30. The molecule has 2 rings (SSSR count). The average Bonchev–Trinajstić information content (AvgIpc) is 2.69. The molecule has 0 aromatic heterocycles. The van der Waals surface area contributed by atoms with Crippen LogP contribution in [0.1, 0.15) is 37.9 Å². The van der Waals surface area contributed by atoms with Crippen LogP contribution < -0.4 is 10.6 Å². The van der Waals surface area contributed by atoms with Crippen molar-refractivity contribution in [1.29, 1.82) is 0 Å². The van der Waals surface area contributed by atoms with Crippen molar-refractivity contribution in [3.8, 4) is 0 Å². The summed E-state index contributed by atoms with van der Waals surface area (Å²) in [5.74, 6) is 0.963. The Morgan fingerprint density at radius 3 is 2.68 bits per heavy atom. The predicted molar refractivity (Wildman–Crippen MR) is 120 cm³/mol. The molecule has 1 saturated heterocycles. The van der Waals surface area contributed by atoms with Gasteiger partial charge in [0.1, 0.15) is 5.82 Å². The third-order valence-corrected chi connectivity index (χ3v) is 4.47. The summed E-state index contributed by atoms with van der Waals surface area (Å²) in [5, 5.41) is 16.6. The number of nitrogens with one attached hydrogen (secondary N) is 2. The van der Waals surface area contributed by atoms with Crippen molar-refractivity contribution in [2.75, 3.05) is 46.1 Å². The highest BCUT2D eigenvalue weighted by molar-refractivity contribution is 14.0. The molecule has 1 unspecified atom stereocenters. The number of aliphatic imine (C=N–C) groups is 1. The third-order valence-electron chi connectivity index (χ3n) is 4.47. The standard InChI is InChI=1S/C20H32FN3O3.HI/c1-2-22-20(24-14-19(25)17-4-6-18(21)7-5-17)23-10-3-11-27-15-16-8-12-26-13-9-16;/h4-7,16,19,25H,2-3,8-15H2,1H3,(H2,22,23,24);1H. The first-order valence-electron chi connectivity index (χ1n) is 9.80. The molecule has 6 nitrogen and oxygen atoms in total. The number of halogens is 2. The molecule has 1 aromatic rings. The van der Waals surface area contributed by atoms with Gasteiger partial charge < -0.3 is 25.2 Å². The van der Waals surface area contributed by atoms with Crippen molar-refractivity contribution in [2.45, 2.75) is 32.3 Å². The SMILES string of the molecule is CCNC(=NCC(O)c1ccc(F)cc1)NCCCOCC1CCOCC1.I. The van der Waals surface area contributed by atoms with Crippen molar-refractivity contribution in [3.05, 3.63) is 35.6 Å². The van der Waals surface area contributed by atoms with E-state index in [0.29, 0.717) is 24.0 Å². The molecular formula is C20H33FIN3O3. The number of hydrogen-bond acceptors (Lipinski definition) is 4. The van der Waals surface area contributed by atoms with Gasteiger partial charge >= 0.3 is 0 Å².